The quantitative estimate of drug-likeness (QED) is 0.708. The first-order valence-corrected chi connectivity index (χ1v) is 6.50. The van der Waals surface area contributed by atoms with Crippen molar-refractivity contribution < 1.29 is 14.7 Å². The molecule has 0 radical (unpaired) electrons. The Kier molecular flexibility index (Phi) is 3.12. The van der Waals surface area contributed by atoms with Crippen molar-refractivity contribution in [1.29, 1.82) is 0 Å². The van der Waals surface area contributed by atoms with E-state index in [1.807, 2.05) is 0 Å². The van der Waals surface area contributed by atoms with Crippen molar-refractivity contribution in [1.82, 2.24) is 4.90 Å². The van der Waals surface area contributed by atoms with E-state index in [9.17, 15) is 9.59 Å². The number of thioether (sulfide) groups is 1. The summed E-state index contributed by atoms with van der Waals surface area (Å²) in [5.41, 5.74) is 4.49. The van der Waals surface area contributed by atoms with Gasteiger partial charge in [-0.3, -0.25) is 9.59 Å². The third kappa shape index (κ3) is 2.04. The summed E-state index contributed by atoms with van der Waals surface area (Å²) in [6, 6.07) is 0. The van der Waals surface area contributed by atoms with Crippen LogP contribution in [0.1, 0.15) is 19.3 Å². The Morgan fingerprint density at radius 2 is 2.25 bits per heavy atom. The first kappa shape index (κ1) is 11.7. The molecule has 2 rings (SSSR count). The molecule has 2 heterocycles. The first-order valence-electron chi connectivity index (χ1n) is 5.46. The van der Waals surface area contributed by atoms with E-state index in [-0.39, 0.29) is 17.7 Å². The van der Waals surface area contributed by atoms with Gasteiger partial charge in [0.2, 0.25) is 5.91 Å². The Bertz CT molecular complexity index is 317. The molecule has 2 saturated heterocycles. The molecule has 2 aliphatic heterocycles. The lowest BCUT2D eigenvalue weighted by molar-refractivity contribution is -0.143. The molecular weight excluding hydrogens is 228 g/mol. The van der Waals surface area contributed by atoms with Gasteiger partial charge in [-0.05, 0) is 25.0 Å². The van der Waals surface area contributed by atoms with Crippen LogP contribution in [0.25, 0.3) is 0 Å². The highest BCUT2D eigenvalue weighted by molar-refractivity contribution is 8.00. The van der Waals surface area contributed by atoms with E-state index in [4.69, 9.17) is 10.8 Å². The van der Waals surface area contributed by atoms with Crippen LogP contribution in [-0.4, -0.2) is 51.5 Å². The van der Waals surface area contributed by atoms with Gasteiger partial charge >= 0.3 is 5.97 Å². The molecule has 2 aliphatic rings. The fraction of sp³-hybridized carbons (Fsp3) is 0.800. The Morgan fingerprint density at radius 3 is 2.75 bits per heavy atom. The molecule has 2 fully saturated rings. The molecule has 0 aromatic carbocycles. The molecule has 0 aromatic heterocycles. The van der Waals surface area contributed by atoms with E-state index in [0.717, 1.165) is 18.6 Å². The van der Waals surface area contributed by atoms with Gasteiger partial charge in [0.1, 0.15) is 5.54 Å². The minimum absolute atomic E-state index is 0.0242. The molecule has 0 aromatic rings. The minimum atomic E-state index is -1.24. The molecule has 0 spiro atoms. The third-order valence-electron chi connectivity index (χ3n) is 3.24. The van der Waals surface area contributed by atoms with Gasteiger partial charge in [0.15, 0.2) is 0 Å². The van der Waals surface area contributed by atoms with E-state index >= 15 is 0 Å². The van der Waals surface area contributed by atoms with Crippen LogP contribution in [0.15, 0.2) is 0 Å². The largest absolute Gasteiger partial charge is 0.480 e. The van der Waals surface area contributed by atoms with Crippen molar-refractivity contribution >= 4 is 23.6 Å². The second-order valence-electron chi connectivity index (χ2n) is 4.47. The van der Waals surface area contributed by atoms with Gasteiger partial charge in [-0.25, -0.2) is 0 Å². The number of carboxylic acids is 1. The summed E-state index contributed by atoms with van der Waals surface area (Å²) in [5.74, 6) is 0.0784. The van der Waals surface area contributed by atoms with Crippen LogP contribution in [0, 0.1) is 0 Å². The lowest BCUT2D eigenvalue weighted by atomic mass is 10.0. The van der Waals surface area contributed by atoms with Crippen molar-refractivity contribution in [3.8, 4) is 0 Å². The van der Waals surface area contributed by atoms with Crippen LogP contribution in [0.4, 0.5) is 0 Å². The molecule has 16 heavy (non-hydrogen) atoms. The number of nitrogens with zero attached hydrogens (tertiary/aromatic N) is 1. The van der Waals surface area contributed by atoms with Crippen molar-refractivity contribution in [3.63, 3.8) is 0 Å². The molecule has 6 heteroatoms. The van der Waals surface area contributed by atoms with Gasteiger partial charge in [0.25, 0.3) is 0 Å². The van der Waals surface area contributed by atoms with E-state index in [1.54, 1.807) is 16.7 Å². The summed E-state index contributed by atoms with van der Waals surface area (Å²) >= 11 is 1.67. The lowest BCUT2D eigenvalue weighted by Gasteiger charge is -2.22. The summed E-state index contributed by atoms with van der Waals surface area (Å²) in [5, 5.41) is 8.99. The average molecular weight is 244 g/mol. The number of likely N-dealkylation sites (tertiary alicyclic amines) is 1. The summed E-state index contributed by atoms with van der Waals surface area (Å²) in [7, 11) is 0. The normalized spacial score (nSPS) is 34.3. The molecule has 3 N–H and O–H groups in total. The zero-order valence-corrected chi connectivity index (χ0v) is 9.83. The summed E-state index contributed by atoms with van der Waals surface area (Å²) in [6.45, 7) is 0.622. The highest BCUT2D eigenvalue weighted by atomic mass is 32.2. The lowest BCUT2D eigenvalue weighted by Crippen LogP contribution is -2.51. The summed E-state index contributed by atoms with van der Waals surface area (Å²) in [6.07, 6.45) is 2.33. The Balaban J connectivity index is 1.97. The topological polar surface area (TPSA) is 83.6 Å². The number of nitrogens with two attached hydrogens (primary N) is 1. The maximum Gasteiger partial charge on any atom is 0.325 e. The predicted molar refractivity (Wildman–Crippen MR) is 61.2 cm³/mol. The van der Waals surface area contributed by atoms with E-state index in [1.165, 1.54) is 0 Å². The van der Waals surface area contributed by atoms with Crippen LogP contribution in [0.2, 0.25) is 0 Å². The molecule has 2 unspecified atom stereocenters. The minimum Gasteiger partial charge on any atom is -0.480 e. The maximum atomic E-state index is 12.0. The van der Waals surface area contributed by atoms with E-state index < -0.39 is 11.5 Å². The van der Waals surface area contributed by atoms with Crippen LogP contribution in [0.3, 0.4) is 0 Å². The van der Waals surface area contributed by atoms with Gasteiger partial charge in [0.05, 0.1) is 5.25 Å². The fourth-order valence-electron chi connectivity index (χ4n) is 2.17. The number of rotatable bonds is 2. The SMILES string of the molecule is NC1(C(=O)O)CCN(C(=O)C2CCCS2)C1. The van der Waals surface area contributed by atoms with E-state index in [0.29, 0.717) is 13.0 Å². The van der Waals surface area contributed by atoms with Gasteiger partial charge in [0, 0.05) is 13.1 Å². The van der Waals surface area contributed by atoms with Gasteiger partial charge < -0.3 is 15.7 Å². The van der Waals surface area contributed by atoms with E-state index in [2.05, 4.69) is 0 Å². The maximum absolute atomic E-state index is 12.0. The van der Waals surface area contributed by atoms with Crippen LogP contribution in [0.5, 0.6) is 0 Å². The van der Waals surface area contributed by atoms with Gasteiger partial charge in [-0.15, -0.1) is 11.8 Å². The Hall–Kier alpha value is -0.750. The highest BCUT2D eigenvalue weighted by Crippen LogP contribution is 2.30. The zero-order valence-electron chi connectivity index (χ0n) is 9.02. The smallest absolute Gasteiger partial charge is 0.325 e. The molecule has 1 amide bonds. The molecule has 0 saturated carbocycles. The number of aliphatic carboxylic acids is 1. The molecule has 0 aliphatic carbocycles. The standard InChI is InChI=1S/C10H16N2O3S/c11-10(9(14)15)3-4-12(6-10)8(13)7-2-1-5-16-7/h7H,1-6,11H2,(H,14,15). The second-order valence-corrected chi connectivity index (χ2v) is 5.78. The zero-order chi connectivity index (χ0) is 11.8. The van der Waals surface area contributed by atoms with Crippen molar-refractivity contribution in [2.24, 2.45) is 5.73 Å². The molecule has 0 bridgehead atoms. The average Bonchev–Trinajstić information content (AvgIpc) is 2.85. The molecule has 5 nitrogen and oxygen atoms in total. The number of hydrogen-bond donors (Lipinski definition) is 2. The molecular formula is C10H16N2O3S. The fourth-order valence-corrected chi connectivity index (χ4v) is 3.41. The Labute approximate surface area is 98.4 Å². The number of carboxylic acid groups (broad SMARTS) is 1. The van der Waals surface area contributed by atoms with Crippen LogP contribution >= 0.6 is 11.8 Å². The van der Waals surface area contributed by atoms with Gasteiger partial charge in [-0.1, -0.05) is 0 Å². The van der Waals surface area contributed by atoms with Crippen molar-refractivity contribution in [2.45, 2.75) is 30.1 Å². The number of amides is 1. The van der Waals surface area contributed by atoms with Crippen LogP contribution in [-0.2, 0) is 9.59 Å². The highest BCUT2D eigenvalue weighted by Gasteiger charge is 2.44. The second kappa shape index (κ2) is 4.25. The number of carbonyl (C=O) groups is 2. The van der Waals surface area contributed by atoms with Crippen molar-refractivity contribution in [3.05, 3.63) is 0 Å². The monoisotopic (exact) mass is 244 g/mol. The summed E-state index contributed by atoms with van der Waals surface area (Å²) in [4.78, 5) is 24.6. The van der Waals surface area contributed by atoms with Crippen molar-refractivity contribution in [2.75, 3.05) is 18.8 Å². The first-order chi connectivity index (χ1) is 7.53. The Morgan fingerprint density at radius 1 is 1.50 bits per heavy atom. The van der Waals surface area contributed by atoms with Crippen LogP contribution < -0.4 is 5.73 Å². The predicted octanol–water partition coefficient (Wildman–Crippen LogP) is -0.104. The number of carbonyl (C=O) groups excluding carboxylic acids is 1. The third-order valence-corrected chi connectivity index (χ3v) is 4.61. The van der Waals surface area contributed by atoms with Gasteiger partial charge in [-0.2, -0.15) is 0 Å². The molecule has 2 atom stereocenters. The molecule has 90 valence electrons. The number of hydrogen-bond acceptors (Lipinski definition) is 4. The summed E-state index contributed by atoms with van der Waals surface area (Å²) < 4.78 is 0.